The fourth-order valence-electron chi connectivity index (χ4n) is 5.06. The Morgan fingerprint density at radius 1 is 1.08 bits per heavy atom. The number of piperidine rings is 1. The first-order valence-electron chi connectivity index (χ1n) is 12.3. The van der Waals surface area contributed by atoms with E-state index in [0.717, 1.165) is 16.8 Å². The van der Waals surface area contributed by atoms with Gasteiger partial charge in [0.2, 0.25) is 11.8 Å². The lowest BCUT2D eigenvalue weighted by Gasteiger charge is -2.42. The SMILES string of the molecule is CN1N=C2CCN(C(=O)[C@@H](COCc3ccccc3)C(C)(C)C(N)=O)C[C@@]2(Cc2ccccc2)C1=O. The highest BCUT2D eigenvalue weighted by Crippen LogP contribution is 2.39. The molecule has 0 radical (unpaired) electrons. The lowest BCUT2D eigenvalue weighted by Crippen LogP contribution is -2.58. The summed E-state index contributed by atoms with van der Waals surface area (Å²) in [7, 11) is 1.66. The molecular formula is C28H34N4O4. The molecule has 2 aromatic rings. The van der Waals surface area contributed by atoms with Crippen LogP contribution >= 0.6 is 0 Å². The summed E-state index contributed by atoms with van der Waals surface area (Å²) in [6.45, 7) is 4.33. The molecule has 2 aliphatic rings. The highest BCUT2D eigenvalue weighted by Gasteiger charge is 2.54. The molecule has 2 aromatic carbocycles. The molecule has 3 amide bonds. The lowest BCUT2D eigenvalue weighted by molar-refractivity contribution is -0.151. The average Bonchev–Trinajstić information content (AvgIpc) is 3.11. The van der Waals surface area contributed by atoms with Crippen molar-refractivity contribution >= 4 is 23.4 Å². The molecule has 8 heteroatoms. The number of nitrogens with two attached hydrogens (primary N) is 1. The van der Waals surface area contributed by atoms with Crippen LogP contribution in [0.2, 0.25) is 0 Å². The summed E-state index contributed by atoms with van der Waals surface area (Å²) < 4.78 is 5.92. The first kappa shape index (κ1) is 25.6. The molecule has 2 aliphatic heterocycles. The number of carbonyl (C=O) groups is 3. The number of fused-ring (bicyclic) bond motifs is 1. The van der Waals surface area contributed by atoms with Gasteiger partial charge in [-0.3, -0.25) is 14.4 Å². The van der Waals surface area contributed by atoms with Crippen molar-refractivity contribution in [1.82, 2.24) is 9.91 Å². The van der Waals surface area contributed by atoms with Crippen molar-refractivity contribution in [3.05, 3.63) is 71.8 Å². The molecule has 0 saturated carbocycles. The van der Waals surface area contributed by atoms with Gasteiger partial charge in [0.05, 0.1) is 30.3 Å². The van der Waals surface area contributed by atoms with Crippen LogP contribution in [0.15, 0.2) is 65.8 Å². The molecule has 0 aliphatic carbocycles. The molecule has 2 heterocycles. The van der Waals surface area contributed by atoms with E-state index in [0.29, 0.717) is 26.0 Å². The van der Waals surface area contributed by atoms with Crippen molar-refractivity contribution in [3.63, 3.8) is 0 Å². The summed E-state index contributed by atoms with van der Waals surface area (Å²) in [6, 6.07) is 19.4. The van der Waals surface area contributed by atoms with E-state index in [9.17, 15) is 14.4 Å². The zero-order chi connectivity index (χ0) is 25.9. The maximum Gasteiger partial charge on any atom is 0.256 e. The molecule has 0 unspecified atom stereocenters. The fraction of sp³-hybridized carbons (Fsp3) is 0.429. The van der Waals surface area contributed by atoms with Crippen LogP contribution in [0.25, 0.3) is 0 Å². The predicted octanol–water partition coefficient (Wildman–Crippen LogP) is 2.62. The number of rotatable bonds is 9. The van der Waals surface area contributed by atoms with Gasteiger partial charge in [0.1, 0.15) is 5.41 Å². The number of hydrazone groups is 1. The Hall–Kier alpha value is -3.52. The van der Waals surface area contributed by atoms with Crippen molar-refractivity contribution in [2.24, 2.45) is 27.6 Å². The second kappa shape index (κ2) is 10.2. The van der Waals surface area contributed by atoms with Crippen molar-refractivity contribution < 1.29 is 19.1 Å². The minimum absolute atomic E-state index is 0.0423. The third-order valence-electron chi connectivity index (χ3n) is 7.47. The number of ether oxygens (including phenoxy) is 1. The zero-order valence-corrected chi connectivity index (χ0v) is 21.1. The molecule has 0 aromatic heterocycles. The second-order valence-electron chi connectivity index (χ2n) is 10.3. The van der Waals surface area contributed by atoms with Crippen LogP contribution in [0, 0.1) is 16.7 Å². The molecule has 1 saturated heterocycles. The van der Waals surface area contributed by atoms with Gasteiger partial charge in [-0.05, 0) is 17.5 Å². The van der Waals surface area contributed by atoms with Crippen molar-refractivity contribution in [1.29, 1.82) is 0 Å². The maximum absolute atomic E-state index is 13.9. The van der Waals surface area contributed by atoms with E-state index in [-0.39, 0.29) is 25.0 Å². The van der Waals surface area contributed by atoms with E-state index in [1.165, 1.54) is 5.01 Å². The number of amides is 3. The van der Waals surface area contributed by atoms with E-state index < -0.39 is 22.7 Å². The van der Waals surface area contributed by atoms with Gasteiger partial charge in [0, 0.05) is 26.6 Å². The van der Waals surface area contributed by atoms with Crippen LogP contribution in [0.3, 0.4) is 0 Å². The zero-order valence-electron chi connectivity index (χ0n) is 21.1. The number of nitrogens with zero attached hydrogens (tertiary/aromatic N) is 3. The Balaban J connectivity index is 1.58. The van der Waals surface area contributed by atoms with Gasteiger partial charge in [0.15, 0.2) is 0 Å². The number of likely N-dealkylation sites (tertiary alicyclic amines) is 1. The van der Waals surface area contributed by atoms with Crippen LogP contribution in [0.4, 0.5) is 0 Å². The Kier molecular flexibility index (Phi) is 7.26. The number of benzene rings is 2. The maximum atomic E-state index is 13.9. The molecule has 2 atom stereocenters. The molecule has 1 fully saturated rings. The van der Waals surface area contributed by atoms with Gasteiger partial charge >= 0.3 is 0 Å². The summed E-state index contributed by atoms with van der Waals surface area (Å²) in [5, 5.41) is 5.91. The summed E-state index contributed by atoms with van der Waals surface area (Å²) in [5.41, 5.74) is 6.45. The van der Waals surface area contributed by atoms with E-state index in [2.05, 4.69) is 5.10 Å². The largest absolute Gasteiger partial charge is 0.376 e. The van der Waals surface area contributed by atoms with Gasteiger partial charge in [-0.15, -0.1) is 0 Å². The Morgan fingerprint density at radius 3 is 2.31 bits per heavy atom. The molecule has 0 spiro atoms. The Bertz CT molecular complexity index is 1150. The van der Waals surface area contributed by atoms with Crippen LogP contribution in [0.5, 0.6) is 0 Å². The van der Waals surface area contributed by atoms with Crippen LogP contribution < -0.4 is 5.73 Å². The standard InChI is InChI=1S/C28H34N4O4/c1-27(2,25(29)34)22(18-36-17-21-12-8-5-9-13-21)24(33)32-15-14-23-28(19-32,26(35)31(3)30-23)16-20-10-6-4-7-11-20/h4-13,22H,14-19H2,1-3H3,(H2,29,34)/t22-,28-/m1/s1. The van der Waals surface area contributed by atoms with E-state index in [1.807, 2.05) is 60.7 Å². The van der Waals surface area contributed by atoms with E-state index in [4.69, 9.17) is 10.5 Å². The van der Waals surface area contributed by atoms with Crippen LogP contribution in [0.1, 0.15) is 31.4 Å². The Labute approximate surface area is 212 Å². The highest BCUT2D eigenvalue weighted by molar-refractivity contribution is 6.13. The summed E-state index contributed by atoms with van der Waals surface area (Å²) >= 11 is 0. The first-order valence-corrected chi connectivity index (χ1v) is 12.3. The lowest BCUT2D eigenvalue weighted by atomic mass is 9.72. The van der Waals surface area contributed by atoms with Crippen LogP contribution in [-0.2, 0) is 32.1 Å². The van der Waals surface area contributed by atoms with Gasteiger partial charge in [0.25, 0.3) is 5.91 Å². The molecule has 8 nitrogen and oxygen atoms in total. The van der Waals surface area contributed by atoms with Crippen molar-refractivity contribution in [3.8, 4) is 0 Å². The molecular weight excluding hydrogens is 456 g/mol. The normalized spacial score (nSPS) is 20.6. The summed E-state index contributed by atoms with van der Waals surface area (Å²) in [4.78, 5) is 41.4. The monoisotopic (exact) mass is 490 g/mol. The second-order valence-corrected chi connectivity index (χ2v) is 10.3. The number of carbonyl (C=O) groups excluding carboxylic acids is 3. The van der Waals surface area contributed by atoms with Gasteiger partial charge < -0.3 is 15.4 Å². The van der Waals surface area contributed by atoms with Crippen molar-refractivity contribution in [2.75, 3.05) is 26.7 Å². The average molecular weight is 491 g/mol. The molecule has 36 heavy (non-hydrogen) atoms. The molecule has 2 N–H and O–H groups in total. The Morgan fingerprint density at radius 2 is 1.69 bits per heavy atom. The third-order valence-corrected chi connectivity index (χ3v) is 7.47. The van der Waals surface area contributed by atoms with Gasteiger partial charge in [-0.25, -0.2) is 5.01 Å². The van der Waals surface area contributed by atoms with E-state index in [1.54, 1.807) is 25.8 Å². The molecule has 4 rings (SSSR count). The van der Waals surface area contributed by atoms with Gasteiger partial charge in [-0.1, -0.05) is 74.5 Å². The van der Waals surface area contributed by atoms with Crippen LogP contribution in [-0.4, -0.2) is 60.1 Å². The number of hydrogen-bond acceptors (Lipinski definition) is 5. The summed E-state index contributed by atoms with van der Waals surface area (Å²) in [6.07, 6.45) is 0.942. The quantitative estimate of drug-likeness (QED) is 0.583. The molecule has 190 valence electrons. The summed E-state index contributed by atoms with van der Waals surface area (Å²) in [5.74, 6) is -1.72. The molecule has 0 bridgehead atoms. The van der Waals surface area contributed by atoms with Gasteiger partial charge in [-0.2, -0.15) is 5.10 Å². The van der Waals surface area contributed by atoms with E-state index >= 15 is 0 Å². The highest BCUT2D eigenvalue weighted by atomic mass is 16.5. The number of hydrogen-bond donors (Lipinski definition) is 1. The topological polar surface area (TPSA) is 105 Å². The smallest absolute Gasteiger partial charge is 0.256 e. The number of primary amides is 1. The fourth-order valence-corrected chi connectivity index (χ4v) is 5.06. The first-order chi connectivity index (χ1) is 17.1. The third kappa shape index (κ3) is 4.91. The predicted molar refractivity (Wildman–Crippen MR) is 137 cm³/mol. The minimum Gasteiger partial charge on any atom is -0.376 e. The van der Waals surface area contributed by atoms with Crippen molar-refractivity contribution in [2.45, 2.75) is 33.3 Å². The minimum atomic E-state index is -1.13.